The third kappa shape index (κ3) is 6.14. The summed E-state index contributed by atoms with van der Waals surface area (Å²) in [6.07, 6.45) is 7.10. The van der Waals surface area contributed by atoms with E-state index in [0.29, 0.717) is 6.42 Å². The predicted octanol–water partition coefficient (Wildman–Crippen LogP) is 3.01. The molecule has 1 atom stereocenters. The summed E-state index contributed by atoms with van der Waals surface area (Å²) >= 11 is 0. The number of allylic oxidation sites excluding steroid dienone is 3. The van der Waals surface area contributed by atoms with Crippen molar-refractivity contribution in [1.29, 1.82) is 0 Å². The van der Waals surface area contributed by atoms with Gasteiger partial charge < -0.3 is 5.11 Å². The smallest absolute Gasteiger partial charge is 0.310 e. The van der Waals surface area contributed by atoms with Gasteiger partial charge in [-0.3, -0.25) is 4.79 Å². The molecule has 2 nitrogen and oxygen atoms in total. The van der Waals surface area contributed by atoms with Crippen molar-refractivity contribution in [2.75, 3.05) is 0 Å². The molecule has 1 N–H and O–H groups in total. The van der Waals surface area contributed by atoms with Gasteiger partial charge in [-0.2, -0.15) is 0 Å². The maximum Gasteiger partial charge on any atom is 0.310 e. The molecule has 13 heavy (non-hydrogen) atoms. The zero-order chi connectivity index (χ0) is 10.3. The van der Waals surface area contributed by atoms with Crippen LogP contribution in [0.1, 0.15) is 33.6 Å². The molecule has 0 bridgehead atoms. The molecule has 2 heteroatoms. The molecule has 0 amide bonds. The summed E-state index contributed by atoms with van der Waals surface area (Å²) in [5, 5.41) is 8.83. The van der Waals surface area contributed by atoms with Crippen LogP contribution in [0.15, 0.2) is 23.8 Å². The zero-order valence-corrected chi connectivity index (χ0v) is 8.58. The highest BCUT2D eigenvalue weighted by atomic mass is 16.4. The lowest BCUT2D eigenvalue weighted by Crippen LogP contribution is -2.09. The second kappa shape index (κ2) is 6.46. The predicted molar refractivity (Wildman–Crippen MR) is 54.6 cm³/mol. The van der Waals surface area contributed by atoms with Gasteiger partial charge in [-0.05, 0) is 26.7 Å². The topological polar surface area (TPSA) is 37.3 Å². The van der Waals surface area contributed by atoms with E-state index in [1.165, 1.54) is 0 Å². The SMILES string of the molecule is CC/C=C/C(CC=C(C)C)C(=O)O. The maximum absolute atomic E-state index is 10.7. The molecular weight excluding hydrogens is 164 g/mol. The Hall–Kier alpha value is -1.05. The Morgan fingerprint density at radius 2 is 2.08 bits per heavy atom. The van der Waals surface area contributed by atoms with E-state index in [0.717, 1.165) is 12.0 Å². The van der Waals surface area contributed by atoms with Crippen LogP contribution in [0.5, 0.6) is 0 Å². The van der Waals surface area contributed by atoms with Crippen molar-refractivity contribution in [3.05, 3.63) is 23.8 Å². The van der Waals surface area contributed by atoms with Crippen LogP contribution in [-0.2, 0) is 4.79 Å². The summed E-state index contributed by atoms with van der Waals surface area (Å²) in [7, 11) is 0. The molecule has 0 aliphatic rings. The minimum Gasteiger partial charge on any atom is -0.481 e. The number of hydrogen-bond donors (Lipinski definition) is 1. The Bertz CT molecular complexity index is 210. The molecule has 0 rings (SSSR count). The summed E-state index contributed by atoms with van der Waals surface area (Å²) in [6, 6.07) is 0. The van der Waals surface area contributed by atoms with Crippen molar-refractivity contribution in [3.8, 4) is 0 Å². The number of rotatable bonds is 5. The molecule has 0 aromatic carbocycles. The first-order valence-electron chi connectivity index (χ1n) is 4.60. The van der Waals surface area contributed by atoms with Gasteiger partial charge in [-0.25, -0.2) is 0 Å². The van der Waals surface area contributed by atoms with Crippen LogP contribution in [0.3, 0.4) is 0 Å². The minimum atomic E-state index is -0.748. The van der Waals surface area contributed by atoms with Crippen molar-refractivity contribution in [2.45, 2.75) is 33.6 Å². The van der Waals surface area contributed by atoms with E-state index in [1.54, 1.807) is 6.08 Å². The van der Waals surface area contributed by atoms with Crippen molar-refractivity contribution >= 4 is 5.97 Å². The summed E-state index contributed by atoms with van der Waals surface area (Å²) in [5.41, 5.74) is 1.16. The molecule has 0 saturated heterocycles. The zero-order valence-electron chi connectivity index (χ0n) is 8.58. The van der Waals surface area contributed by atoms with E-state index in [1.807, 2.05) is 32.9 Å². The average Bonchev–Trinajstić information content (AvgIpc) is 2.03. The minimum absolute atomic E-state index is 0.366. The van der Waals surface area contributed by atoms with Gasteiger partial charge >= 0.3 is 5.97 Å². The van der Waals surface area contributed by atoms with Gasteiger partial charge in [0.05, 0.1) is 5.92 Å². The lowest BCUT2D eigenvalue weighted by Gasteiger charge is -2.03. The molecule has 0 aliphatic heterocycles. The van der Waals surface area contributed by atoms with Gasteiger partial charge in [0.15, 0.2) is 0 Å². The van der Waals surface area contributed by atoms with Gasteiger partial charge in [-0.1, -0.05) is 30.7 Å². The first-order chi connectivity index (χ1) is 6.07. The van der Waals surface area contributed by atoms with Gasteiger partial charge in [0.25, 0.3) is 0 Å². The first kappa shape index (κ1) is 11.9. The van der Waals surface area contributed by atoms with Crippen LogP contribution in [0, 0.1) is 5.92 Å². The molecule has 0 saturated carbocycles. The van der Waals surface area contributed by atoms with Gasteiger partial charge in [-0.15, -0.1) is 0 Å². The molecule has 1 unspecified atom stereocenters. The molecule has 0 aromatic heterocycles. The Kier molecular flexibility index (Phi) is 5.94. The van der Waals surface area contributed by atoms with E-state index in [9.17, 15) is 4.79 Å². The second-order valence-electron chi connectivity index (χ2n) is 3.30. The molecule has 74 valence electrons. The fourth-order valence-corrected chi connectivity index (χ4v) is 0.925. The van der Waals surface area contributed by atoms with E-state index in [-0.39, 0.29) is 5.92 Å². The highest BCUT2D eigenvalue weighted by Gasteiger charge is 2.10. The van der Waals surface area contributed by atoms with Crippen molar-refractivity contribution in [2.24, 2.45) is 5.92 Å². The van der Waals surface area contributed by atoms with Crippen LogP contribution in [0.4, 0.5) is 0 Å². The average molecular weight is 182 g/mol. The third-order valence-corrected chi connectivity index (χ3v) is 1.70. The molecular formula is C11H18O2. The van der Waals surface area contributed by atoms with Crippen LogP contribution < -0.4 is 0 Å². The molecule has 0 aliphatic carbocycles. The summed E-state index contributed by atoms with van der Waals surface area (Å²) < 4.78 is 0. The van der Waals surface area contributed by atoms with Crippen molar-refractivity contribution in [3.63, 3.8) is 0 Å². The van der Waals surface area contributed by atoms with Crippen molar-refractivity contribution in [1.82, 2.24) is 0 Å². The van der Waals surface area contributed by atoms with Crippen LogP contribution in [0.25, 0.3) is 0 Å². The number of carboxylic acid groups (broad SMARTS) is 1. The summed E-state index contributed by atoms with van der Waals surface area (Å²) in [5.74, 6) is -1.11. The highest BCUT2D eigenvalue weighted by Crippen LogP contribution is 2.09. The Labute approximate surface area is 80.0 Å². The Morgan fingerprint density at radius 3 is 2.46 bits per heavy atom. The normalized spacial score (nSPS) is 12.8. The van der Waals surface area contributed by atoms with Crippen LogP contribution in [0.2, 0.25) is 0 Å². The molecule has 0 fully saturated rings. The Balaban J connectivity index is 4.19. The fourth-order valence-electron chi connectivity index (χ4n) is 0.925. The quantitative estimate of drug-likeness (QED) is 0.663. The highest BCUT2D eigenvalue weighted by molar-refractivity contribution is 5.72. The standard InChI is InChI=1S/C11H18O2/c1-4-5-6-10(11(12)13)8-7-9(2)3/h5-7,10H,4,8H2,1-3H3,(H,12,13)/b6-5+. The lowest BCUT2D eigenvalue weighted by molar-refractivity contribution is -0.139. The number of carboxylic acids is 1. The van der Waals surface area contributed by atoms with Gasteiger partial charge in [0, 0.05) is 0 Å². The molecule has 0 radical (unpaired) electrons. The van der Waals surface area contributed by atoms with Crippen LogP contribution >= 0.6 is 0 Å². The van der Waals surface area contributed by atoms with E-state index in [2.05, 4.69) is 0 Å². The number of carbonyl (C=O) groups is 1. The molecule has 0 heterocycles. The van der Waals surface area contributed by atoms with E-state index < -0.39 is 5.97 Å². The van der Waals surface area contributed by atoms with Crippen molar-refractivity contribution < 1.29 is 9.90 Å². The second-order valence-corrected chi connectivity index (χ2v) is 3.30. The number of hydrogen-bond acceptors (Lipinski definition) is 1. The van der Waals surface area contributed by atoms with Gasteiger partial charge in [0.1, 0.15) is 0 Å². The molecule has 0 aromatic rings. The van der Waals surface area contributed by atoms with E-state index >= 15 is 0 Å². The van der Waals surface area contributed by atoms with Crippen LogP contribution in [-0.4, -0.2) is 11.1 Å². The molecule has 0 spiro atoms. The third-order valence-electron chi connectivity index (χ3n) is 1.70. The largest absolute Gasteiger partial charge is 0.481 e. The summed E-state index contributed by atoms with van der Waals surface area (Å²) in [4.78, 5) is 10.7. The van der Waals surface area contributed by atoms with Gasteiger partial charge in [0.2, 0.25) is 0 Å². The lowest BCUT2D eigenvalue weighted by atomic mass is 10.0. The summed E-state index contributed by atoms with van der Waals surface area (Å²) in [6.45, 7) is 5.95. The fraction of sp³-hybridized carbons (Fsp3) is 0.545. The first-order valence-corrected chi connectivity index (χ1v) is 4.60. The van der Waals surface area contributed by atoms with E-state index in [4.69, 9.17) is 5.11 Å². The Morgan fingerprint density at radius 1 is 1.46 bits per heavy atom. The maximum atomic E-state index is 10.7. The monoisotopic (exact) mass is 182 g/mol. The number of aliphatic carboxylic acids is 1.